The fourth-order valence-electron chi connectivity index (χ4n) is 4.45. The standard InChI is InChI=1S/C26H29FN4O2/c1-3-24(32)29-22-17-28-25(19-11-13-20(27)14-12-19)31(26(22)33)16-15-30(2)23-10-6-8-18-7-4-5-9-21(18)23/h4-5,7,9,11-14,17,23H,3,6,8,10,15-16H2,1-2H3,(H,29,32)/t23-/m1/s1. The number of carbonyl (C=O) groups is 1. The first-order valence-corrected chi connectivity index (χ1v) is 11.4. The Bertz CT molecular complexity index is 1190. The van der Waals surface area contributed by atoms with Crippen LogP contribution in [0.15, 0.2) is 59.5 Å². The highest BCUT2D eigenvalue weighted by Crippen LogP contribution is 2.33. The quantitative estimate of drug-likeness (QED) is 0.582. The predicted molar refractivity (Wildman–Crippen MR) is 128 cm³/mol. The lowest BCUT2D eigenvalue weighted by atomic mass is 9.87. The molecule has 4 rings (SSSR count). The van der Waals surface area contributed by atoms with Gasteiger partial charge in [0, 0.05) is 31.1 Å². The molecule has 7 heteroatoms. The zero-order chi connectivity index (χ0) is 23.4. The van der Waals surface area contributed by atoms with Crippen molar-refractivity contribution in [2.24, 2.45) is 0 Å². The second kappa shape index (κ2) is 10.1. The van der Waals surface area contributed by atoms with Gasteiger partial charge in [0.05, 0.1) is 6.20 Å². The van der Waals surface area contributed by atoms with Crippen molar-refractivity contribution in [3.05, 3.63) is 82.0 Å². The molecule has 1 aliphatic carbocycles. The van der Waals surface area contributed by atoms with Crippen LogP contribution in [0.1, 0.15) is 43.4 Å². The fourth-order valence-corrected chi connectivity index (χ4v) is 4.45. The van der Waals surface area contributed by atoms with Gasteiger partial charge < -0.3 is 5.32 Å². The highest BCUT2D eigenvalue weighted by molar-refractivity contribution is 5.90. The Morgan fingerprint density at radius 3 is 2.73 bits per heavy atom. The van der Waals surface area contributed by atoms with Gasteiger partial charge in [0.15, 0.2) is 0 Å². The number of fused-ring (bicyclic) bond motifs is 1. The monoisotopic (exact) mass is 448 g/mol. The van der Waals surface area contributed by atoms with Crippen LogP contribution < -0.4 is 10.9 Å². The smallest absolute Gasteiger partial charge is 0.277 e. The number of anilines is 1. The van der Waals surface area contributed by atoms with E-state index in [0.29, 0.717) is 24.5 Å². The SMILES string of the molecule is CCC(=O)Nc1cnc(-c2ccc(F)cc2)n(CCN(C)[C@@H]2CCCc3ccccc32)c1=O. The van der Waals surface area contributed by atoms with Crippen molar-refractivity contribution < 1.29 is 9.18 Å². The lowest BCUT2D eigenvalue weighted by Crippen LogP contribution is -2.34. The molecule has 0 saturated carbocycles. The van der Waals surface area contributed by atoms with Gasteiger partial charge in [-0.3, -0.25) is 19.1 Å². The van der Waals surface area contributed by atoms with Gasteiger partial charge in [0.2, 0.25) is 5.91 Å². The van der Waals surface area contributed by atoms with Gasteiger partial charge in [-0.2, -0.15) is 0 Å². The van der Waals surface area contributed by atoms with Crippen LogP contribution in [-0.4, -0.2) is 34.0 Å². The number of nitrogens with one attached hydrogen (secondary N) is 1. The minimum absolute atomic E-state index is 0.151. The van der Waals surface area contributed by atoms with E-state index in [1.54, 1.807) is 23.6 Å². The van der Waals surface area contributed by atoms with E-state index in [9.17, 15) is 14.0 Å². The molecule has 1 aliphatic rings. The number of benzene rings is 2. The van der Waals surface area contributed by atoms with E-state index in [1.807, 2.05) is 0 Å². The van der Waals surface area contributed by atoms with Crippen LogP contribution in [0.5, 0.6) is 0 Å². The maximum absolute atomic E-state index is 13.5. The first-order valence-electron chi connectivity index (χ1n) is 11.4. The molecule has 3 aromatic rings. The second-order valence-electron chi connectivity index (χ2n) is 8.45. The average Bonchev–Trinajstić information content (AvgIpc) is 2.84. The summed E-state index contributed by atoms with van der Waals surface area (Å²) in [6, 6.07) is 14.7. The van der Waals surface area contributed by atoms with Gasteiger partial charge >= 0.3 is 0 Å². The van der Waals surface area contributed by atoms with E-state index < -0.39 is 0 Å². The maximum atomic E-state index is 13.5. The number of likely N-dealkylation sites (N-methyl/N-ethyl adjacent to an activating group) is 1. The third-order valence-electron chi connectivity index (χ3n) is 6.29. The van der Waals surface area contributed by atoms with E-state index in [1.165, 1.54) is 29.5 Å². The van der Waals surface area contributed by atoms with Crippen LogP contribution in [0.2, 0.25) is 0 Å². The molecule has 1 heterocycles. The van der Waals surface area contributed by atoms with Crippen molar-refractivity contribution in [2.45, 2.75) is 45.2 Å². The third-order valence-corrected chi connectivity index (χ3v) is 6.29. The summed E-state index contributed by atoms with van der Waals surface area (Å²) in [6.45, 7) is 2.74. The first kappa shape index (κ1) is 22.9. The third kappa shape index (κ3) is 5.03. The number of halogens is 1. The van der Waals surface area contributed by atoms with Crippen LogP contribution in [-0.2, 0) is 17.8 Å². The van der Waals surface area contributed by atoms with Crippen molar-refractivity contribution >= 4 is 11.6 Å². The average molecular weight is 449 g/mol. The Labute approximate surface area is 193 Å². The number of hydrogen-bond donors (Lipinski definition) is 1. The molecule has 172 valence electrons. The largest absolute Gasteiger partial charge is 0.320 e. The summed E-state index contributed by atoms with van der Waals surface area (Å²) in [5, 5.41) is 2.64. The van der Waals surface area contributed by atoms with Crippen LogP contribution in [0.3, 0.4) is 0 Å². The van der Waals surface area contributed by atoms with Crippen molar-refractivity contribution in [3.63, 3.8) is 0 Å². The Hall–Kier alpha value is -3.32. The summed E-state index contributed by atoms with van der Waals surface area (Å²) >= 11 is 0. The Morgan fingerprint density at radius 2 is 1.97 bits per heavy atom. The van der Waals surface area contributed by atoms with Gasteiger partial charge in [-0.15, -0.1) is 0 Å². The van der Waals surface area contributed by atoms with E-state index in [4.69, 9.17) is 0 Å². The van der Waals surface area contributed by atoms with E-state index in [-0.39, 0.29) is 35.4 Å². The highest BCUT2D eigenvalue weighted by Gasteiger charge is 2.24. The number of aromatic nitrogens is 2. The molecule has 6 nitrogen and oxygen atoms in total. The zero-order valence-corrected chi connectivity index (χ0v) is 19.1. The van der Waals surface area contributed by atoms with E-state index in [0.717, 1.165) is 19.3 Å². The Kier molecular flexibility index (Phi) is 6.99. The van der Waals surface area contributed by atoms with E-state index in [2.05, 4.69) is 46.5 Å². The number of nitrogens with zero attached hydrogens (tertiary/aromatic N) is 3. The molecule has 33 heavy (non-hydrogen) atoms. The fraction of sp³-hybridized carbons (Fsp3) is 0.346. The van der Waals surface area contributed by atoms with Crippen molar-refractivity contribution in [1.82, 2.24) is 14.5 Å². The minimum Gasteiger partial charge on any atom is -0.320 e. The second-order valence-corrected chi connectivity index (χ2v) is 8.45. The van der Waals surface area contributed by atoms with Crippen LogP contribution in [0, 0.1) is 5.82 Å². The number of aryl methyl sites for hydroxylation is 1. The lowest BCUT2D eigenvalue weighted by molar-refractivity contribution is -0.115. The van der Waals surface area contributed by atoms with Crippen LogP contribution in [0.4, 0.5) is 10.1 Å². The van der Waals surface area contributed by atoms with Gasteiger partial charge in [0.1, 0.15) is 17.3 Å². The van der Waals surface area contributed by atoms with Crippen molar-refractivity contribution in [1.29, 1.82) is 0 Å². The van der Waals surface area contributed by atoms with Crippen LogP contribution in [0.25, 0.3) is 11.4 Å². The van der Waals surface area contributed by atoms with Gasteiger partial charge in [0.25, 0.3) is 5.56 Å². The number of amides is 1. The number of hydrogen-bond acceptors (Lipinski definition) is 4. The Balaban J connectivity index is 1.63. The molecule has 0 aliphatic heterocycles. The molecule has 2 aromatic carbocycles. The molecule has 0 spiro atoms. The van der Waals surface area contributed by atoms with Gasteiger partial charge in [-0.1, -0.05) is 31.2 Å². The molecule has 1 N–H and O–H groups in total. The molecule has 0 unspecified atom stereocenters. The minimum atomic E-state index is -0.352. The molecule has 1 amide bonds. The highest BCUT2D eigenvalue weighted by atomic mass is 19.1. The summed E-state index contributed by atoms with van der Waals surface area (Å²) in [6.07, 6.45) is 4.94. The molecule has 0 bridgehead atoms. The molecule has 1 atom stereocenters. The summed E-state index contributed by atoms with van der Waals surface area (Å²) in [5.41, 5.74) is 3.21. The van der Waals surface area contributed by atoms with Crippen molar-refractivity contribution in [3.8, 4) is 11.4 Å². The lowest BCUT2D eigenvalue weighted by Gasteiger charge is -2.33. The first-order chi connectivity index (χ1) is 16.0. The predicted octanol–water partition coefficient (Wildman–Crippen LogP) is 4.41. The summed E-state index contributed by atoms with van der Waals surface area (Å²) in [7, 11) is 2.07. The number of carbonyl (C=O) groups excluding carboxylic acids is 1. The Morgan fingerprint density at radius 1 is 1.21 bits per heavy atom. The molecular weight excluding hydrogens is 419 g/mol. The normalized spacial score (nSPS) is 15.3. The van der Waals surface area contributed by atoms with Gasteiger partial charge in [-0.25, -0.2) is 9.37 Å². The molecule has 0 saturated heterocycles. The molecular formula is C26H29FN4O2. The molecule has 0 radical (unpaired) electrons. The van der Waals surface area contributed by atoms with Crippen LogP contribution >= 0.6 is 0 Å². The zero-order valence-electron chi connectivity index (χ0n) is 19.1. The van der Waals surface area contributed by atoms with Gasteiger partial charge in [-0.05, 0) is 61.7 Å². The van der Waals surface area contributed by atoms with Crippen molar-refractivity contribution in [2.75, 3.05) is 18.9 Å². The van der Waals surface area contributed by atoms with E-state index >= 15 is 0 Å². The number of rotatable bonds is 7. The molecule has 1 aromatic heterocycles. The topological polar surface area (TPSA) is 67.2 Å². The summed E-state index contributed by atoms with van der Waals surface area (Å²) in [5.74, 6) is -0.145. The molecule has 0 fully saturated rings. The summed E-state index contributed by atoms with van der Waals surface area (Å²) < 4.78 is 15.0. The summed E-state index contributed by atoms with van der Waals surface area (Å²) in [4.78, 5) is 31.9. The maximum Gasteiger partial charge on any atom is 0.277 e.